The predicted molar refractivity (Wildman–Crippen MR) is 46.4 cm³/mol. The highest BCUT2D eigenvalue weighted by Crippen LogP contribution is 2.26. The number of hydrogen-bond acceptors (Lipinski definition) is 2. The van der Waals surface area contributed by atoms with Crippen LogP contribution >= 0.6 is 9.39 Å². The van der Waals surface area contributed by atoms with E-state index in [2.05, 4.69) is 15.3 Å². The molecule has 0 radical (unpaired) electrons. The van der Waals surface area contributed by atoms with Crippen molar-refractivity contribution in [3.8, 4) is 12.3 Å². The Bertz CT molecular complexity index is 211. The first-order chi connectivity index (χ1) is 5.16. The standard InChI is InChI=1S/C7H11N2OP/c1-2-5-3-4-6(7(8)10)9(5)11/h1,5-6H,3-4,11H2,(H2,8,10). The van der Waals surface area contributed by atoms with Gasteiger partial charge in [-0.3, -0.25) is 9.46 Å². The van der Waals surface area contributed by atoms with Gasteiger partial charge in [-0.15, -0.1) is 6.42 Å². The minimum absolute atomic E-state index is 0.0532. The van der Waals surface area contributed by atoms with E-state index < -0.39 is 0 Å². The number of rotatable bonds is 1. The lowest BCUT2D eigenvalue weighted by molar-refractivity contribution is -0.121. The molecule has 0 spiro atoms. The molecule has 4 heteroatoms. The van der Waals surface area contributed by atoms with Crippen LogP contribution in [0.3, 0.4) is 0 Å². The highest BCUT2D eigenvalue weighted by Gasteiger charge is 2.32. The Labute approximate surface area is 68.6 Å². The molecule has 0 aromatic carbocycles. The van der Waals surface area contributed by atoms with Crippen molar-refractivity contribution >= 4 is 15.3 Å². The normalized spacial score (nSPS) is 31.6. The maximum Gasteiger partial charge on any atom is 0.235 e. The van der Waals surface area contributed by atoms with E-state index in [0.29, 0.717) is 0 Å². The molecular weight excluding hydrogens is 159 g/mol. The molecule has 3 atom stereocenters. The van der Waals surface area contributed by atoms with Gasteiger partial charge >= 0.3 is 0 Å². The van der Waals surface area contributed by atoms with E-state index in [4.69, 9.17) is 12.2 Å². The molecule has 1 aliphatic rings. The van der Waals surface area contributed by atoms with Crippen LogP contribution in [0.1, 0.15) is 12.8 Å². The van der Waals surface area contributed by atoms with Crippen molar-refractivity contribution in [2.24, 2.45) is 5.73 Å². The number of amides is 1. The molecule has 3 unspecified atom stereocenters. The van der Waals surface area contributed by atoms with Crippen LogP contribution in [0.5, 0.6) is 0 Å². The molecular formula is C7H11N2OP. The van der Waals surface area contributed by atoms with Gasteiger partial charge < -0.3 is 5.73 Å². The SMILES string of the molecule is C#CC1CCC(C(N)=O)N1P. The summed E-state index contributed by atoms with van der Waals surface area (Å²) in [7, 11) is 2.45. The van der Waals surface area contributed by atoms with Gasteiger partial charge in [-0.05, 0) is 12.8 Å². The van der Waals surface area contributed by atoms with Crippen molar-refractivity contribution in [1.82, 2.24) is 4.67 Å². The Morgan fingerprint density at radius 1 is 1.73 bits per heavy atom. The fourth-order valence-electron chi connectivity index (χ4n) is 1.29. The van der Waals surface area contributed by atoms with Gasteiger partial charge in [0.25, 0.3) is 0 Å². The minimum Gasteiger partial charge on any atom is -0.368 e. The van der Waals surface area contributed by atoms with Gasteiger partial charge in [-0.2, -0.15) is 0 Å². The summed E-state index contributed by atoms with van der Waals surface area (Å²) in [6.45, 7) is 0. The lowest BCUT2D eigenvalue weighted by Crippen LogP contribution is -2.37. The zero-order valence-corrected chi connectivity index (χ0v) is 7.31. The van der Waals surface area contributed by atoms with E-state index in [-0.39, 0.29) is 18.0 Å². The first-order valence-corrected chi connectivity index (χ1v) is 3.97. The molecule has 11 heavy (non-hydrogen) atoms. The highest BCUT2D eigenvalue weighted by atomic mass is 31.0. The third-order valence-corrected chi connectivity index (χ3v) is 2.67. The van der Waals surface area contributed by atoms with Crippen LogP contribution in [0.2, 0.25) is 0 Å². The van der Waals surface area contributed by atoms with Gasteiger partial charge in [0.2, 0.25) is 5.91 Å². The molecule has 0 aromatic rings. The lowest BCUT2D eigenvalue weighted by Gasteiger charge is -2.18. The summed E-state index contributed by atoms with van der Waals surface area (Å²) < 4.78 is 1.78. The van der Waals surface area contributed by atoms with Crippen molar-refractivity contribution in [3.05, 3.63) is 0 Å². The third-order valence-electron chi connectivity index (χ3n) is 1.95. The van der Waals surface area contributed by atoms with E-state index in [0.717, 1.165) is 12.8 Å². The van der Waals surface area contributed by atoms with Crippen LogP contribution in [0.4, 0.5) is 0 Å². The largest absolute Gasteiger partial charge is 0.368 e. The topological polar surface area (TPSA) is 46.3 Å². The van der Waals surface area contributed by atoms with E-state index in [1.54, 1.807) is 4.67 Å². The van der Waals surface area contributed by atoms with Crippen molar-refractivity contribution < 1.29 is 4.79 Å². The van der Waals surface area contributed by atoms with Crippen molar-refractivity contribution in [2.45, 2.75) is 24.9 Å². The number of carbonyl (C=O) groups is 1. The van der Waals surface area contributed by atoms with Gasteiger partial charge in [0.1, 0.15) is 0 Å². The van der Waals surface area contributed by atoms with Crippen LogP contribution in [0.25, 0.3) is 0 Å². The average molecular weight is 170 g/mol. The summed E-state index contributed by atoms with van der Waals surface area (Å²) in [6.07, 6.45) is 6.86. The van der Waals surface area contributed by atoms with Crippen LogP contribution in [-0.4, -0.2) is 22.7 Å². The van der Waals surface area contributed by atoms with Gasteiger partial charge in [0.05, 0.1) is 12.1 Å². The average Bonchev–Trinajstić information content (AvgIpc) is 2.30. The van der Waals surface area contributed by atoms with Gasteiger partial charge in [0, 0.05) is 0 Å². The van der Waals surface area contributed by atoms with Crippen molar-refractivity contribution in [2.75, 3.05) is 0 Å². The summed E-state index contributed by atoms with van der Waals surface area (Å²) in [6, 6.07) is -0.140. The molecule has 0 aliphatic carbocycles. The fourth-order valence-corrected chi connectivity index (χ4v) is 1.82. The van der Waals surface area contributed by atoms with Crippen molar-refractivity contribution in [1.29, 1.82) is 0 Å². The molecule has 2 N–H and O–H groups in total. The number of carbonyl (C=O) groups excluding carboxylic acids is 1. The van der Waals surface area contributed by atoms with E-state index in [9.17, 15) is 4.79 Å². The molecule has 1 saturated heterocycles. The molecule has 1 rings (SSSR count). The van der Waals surface area contributed by atoms with Crippen LogP contribution in [0, 0.1) is 12.3 Å². The van der Waals surface area contributed by atoms with E-state index >= 15 is 0 Å². The van der Waals surface area contributed by atoms with Crippen LogP contribution < -0.4 is 5.73 Å². The summed E-state index contributed by atoms with van der Waals surface area (Å²) in [5.74, 6) is 2.30. The number of primary amides is 1. The maximum atomic E-state index is 10.8. The maximum absolute atomic E-state index is 10.8. The Hall–Kier alpha value is -0.580. The quantitative estimate of drug-likeness (QED) is 0.435. The molecule has 60 valence electrons. The summed E-state index contributed by atoms with van der Waals surface area (Å²) >= 11 is 0. The number of terminal acetylenes is 1. The third kappa shape index (κ3) is 1.53. The van der Waals surface area contributed by atoms with Crippen LogP contribution in [0.15, 0.2) is 0 Å². The summed E-state index contributed by atoms with van der Waals surface area (Å²) in [5, 5.41) is 0. The Balaban J connectivity index is 2.64. The molecule has 1 heterocycles. The van der Waals surface area contributed by atoms with Gasteiger partial charge in [-0.1, -0.05) is 15.3 Å². The first-order valence-electron chi connectivity index (χ1n) is 3.45. The zero-order valence-electron chi connectivity index (χ0n) is 6.16. The molecule has 1 fully saturated rings. The Morgan fingerprint density at radius 2 is 2.36 bits per heavy atom. The highest BCUT2D eigenvalue weighted by molar-refractivity contribution is 7.13. The molecule has 1 aliphatic heterocycles. The molecule has 1 amide bonds. The molecule has 0 saturated carbocycles. The Morgan fingerprint density at radius 3 is 2.64 bits per heavy atom. The second-order valence-corrected chi connectivity index (χ2v) is 3.22. The monoisotopic (exact) mass is 170 g/mol. The Kier molecular flexibility index (Phi) is 2.49. The second-order valence-electron chi connectivity index (χ2n) is 2.63. The zero-order chi connectivity index (χ0) is 8.43. The van der Waals surface area contributed by atoms with E-state index in [1.807, 2.05) is 0 Å². The van der Waals surface area contributed by atoms with E-state index in [1.165, 1.54) is 0 Å². The summed E-state index contributed by atoms with van der Waals surface area (Å²) in [5.41, 5.74) is 5.14. The minimum atomic E-state index is -0.294. The smallest absolute Gasteiger partial charge is 0.235 e. The van der Waals surface area contributed by atoms with Gasteiger partial charge in [0.15, 0.2) is 0 Å². The predicted octanol–water partition coefficient (Wildman–Crippen LogP) is -0.272. The number of hydrogen-bond donors (Lipinski definition) is 1. The van der Waals surface area contributed by atoms with Gasteiger partial charge in [-0.25, -0.2) is 0 Å². The molecule has 0 aromatic heterocycles. The number of nitrogens with zero attached hydrogens (tertiary/aromatic N) is 1. The molecule has 3 nitrogen and oxygen atoms in total. The van der Waals surface area contributed by atoms with Crippen LogP contribution in [-0.2, 0) is 4.79 Å². The number of nitrogens with two attached hydrogens (primary N) is 1. The van der Waals surface area contributed by atoms with Crippen molar-refractivity contribution in [3.63, 3.8) is 0 Å². The second kappa shape index (κ2) is 3.21. The summed E-state index contributed by atoms with van der Waals surface area (Å²) in [4.78, 5) is 10.8. The first kappa shape index (κ1) is 8.52. The lowest BCUT2D eigenvalue weighted by atomic mass is 10.2. The molecule has 0 bridgehead atoms. The fraction of sp³-hybridized carbons (Fsp3) is 0.571.